The number of nitro benzene ring substituents is 1. The quantitative estimate of drug-likeness (QED) is 0.157. The van der Waals surface area contributed by atoms with Crippen LogP contribution >= 0.6 is 15.9 Å². The third kappa shape index (κ3) is 6.69. The molecule has 0 unspecified atom stereocenters. The van der Waals surface area contributed by atoms with Crippen LogP contribution in [0, 0.1) is 17.0 Å². The standard InChI is InChI=1S/C30H26BrN3O6S/c1-21-11-17-27(18-12-21)41(39,40)32(2)29(35)20-28(22-13-15-25(16-14-22)34(37)38)33(26-10-6-9-24(31)19-26)30(36)23-7-4-3-5-8-23/h3-19,28H,20H2,1-2H3/t28-/m1/s1. The van der Waals surface area contributed by atoms with Crippen LogP contribution in [0.2, 0.25) is 0 Å². The molecule has 4 aromatic carbocycles. The fourth-order valence-electron chi connectivity index (χ4n) is 4.26. The van der Waals surface area contributed by atoms with Gasteiger partial charge in [-0.05, 0) is 55.0 Å². The molecule has 2 amide bonds. The molecule has 0 aliphatic rings. The summed E-state index contributed by atoms with van der Waals surface area (Å²) < 4.78 is 28.0. The lowest BCUT2D eigenvalue weighted by atomic mass is 9.99. The summed E-state index contributed by atoms with van der Waals surface area (Å²) in [6.45, 7) is 1.82. The normalized spacial score (nSPS) is 11.9. The first kappa shape index (κ1) is 29.6. The molecule has 0 radical (unpaired) electrons. The zero-order chi connectivity index (χ0) is 29.7. The Morgan fingerprint density at radius 1 is 0.902 bits per heavy atom. The highest BCUT2D eigenvalue weighted by Gasteiger charge is 2.34. The molecule has 4 aromatic rings. The summed E-state index contributed by atoms with van der Waals surface area (Å²) in [5, 5.41) is 11.3. The summed E-state index contributed by atoms with van der Waals surface area (Å²) >= 11 is 3.43. The summed E-state index contributed by atoms with van der Waals surface area (Å²) in [5.41, 5.74) is 1.89. The van der Waals surface area contributed by atoms with E-state index in [1.165, 1.54) is 48.3 Å². The summed E-state index contributed by atoms with van der Waals surface area (Å²) in [4.78, 5) is 39.8. The van der Waals surface area contributed by atoms with E-state index >= 15 is 0 Å². The zero-order valence-electron chi connectivity index (χ0n) is 22.2. The number of aryl methyl sites for hydroxylation is 1. The van der Waals surface area contributed by atoms with Crippen molar-refractivity contribution in [3.63, 3.8) is 0 Å². The minimum absolute atomic E-state index is 0.0463. The molecule has 9 nitrogen and oxygen atoms in total. The average molecular weight is 637 g/mol. The molecule has 11 heteroatoms. The van der Waals surface area contributed by atoms with E-state index in [0.717, 1.165) is 5.56 Å². The lowest BCUT2D eigenvalue weighted by Crippen LogP contribution is -2.40. The molecule has 4 rings (SSSR count). The van der Waals surface area contributed by atoms with Gasteiger partial charge in [-0.15, -0.1) is 0 Å². The summed E-state index contributed by atoms with van der Waals surface area (Å²) in [5.74, 6) is -1.21. The van der Waals surface area contributed by atoms with Crippen molar-refractivity contribution in [1.82, 2.24) is 4.31 Å². The number of non-ortho nitro benzene ring substituents is 1. The van der Waals surface area contributed by atoms with Gasteiger partial charge in [-0.1, -0.05) is 70.0 Å². The van der Waals surface area contributed by atoms with Gasteiger partial charge in [0.1, 0.15) is 0 Å². The molecule has 0 N–H and O–H groups in total. The molecule has 0 saturated heterocycles. The van der Waals surface area contributed by atoms with E-state index in [1.54, 1.807) is 66.7 Å². The highest BCUT2D eigenvalue weighted by molar-refractivity contribution is 9.10. The summed E-state index contributed by atoms with van der Waals surface area (Å²) in [6.07, 6.45) is -0.426. The van der Waals surface area contributed by atoms with E-state index in [0.29, 0.717) is 25.6 Å². The number of carbonyl (C=O) groups is 2. The molecule has 0 saturated carbocycles. The molecule has 210 valence electrons. The first-order valence-electron chi connectivity index (χ1n) is 12.5. The van der Waals surface area contributed by atoms with Crippen molar-refractivity contribution >= 4 is 49.1 Å². The molecule has 0 bridgehead atoms. The smallest absolute Gasteiger partial charge is 0.269 e. The van der Waals surface area contributed by atoms with E-state index in [9.17, 15) is 28.1 Å². The minimum Gasteiger partial charge on any atom is -0.300 e. The van der Waals surface area contributed by atoms with Crippen LogP contribution in [-0.4, -0.2) is 36.5 Å². The van der Waals surface area contributed by atoms with Crippen LogP contribution in [0.15, 0.2) is 112 Å². The second-order valence-electron chi connectivity index (χ2n) is 9.27. The fourth-order valence-corrected chi connectivity index (χ4v) is 5.78. The molecule has 0 heterocycles. The topological polar surface area (TPSA) is 118 Å². The Labute approximate surface area is 246 Å². The highest BCUT2D eigenvalue weighted by Crippen LogP contribution is 2.35. The number of nitrogens with zero attached hydrogens (tertiary/aromatic N) is 3. The van der Waals surface area contributed by atoms with Gasteiger partial charge in [-0.25, -0.2) is 12.7 Å². The second kappa shape index (κ2) is 12.4. The first-order chi connectivity index (χ1) is 19.5. The number of halogens is 1. The Bertz CT molecular complexity index is 1680. The van der Waals surface area contributed by atoms with E-state index in [-0.39, 0.29) is 10.6 Å². The maximum absolute atomic E-state index is 14.0. The van der Waals surface area contributed by atoms with Crippen molar-refractivity contribution < 1.29 is 22.9 Å². The molecule has 0 aliphatic carbocycles. The maximum Gasteiger partial charge on any atom is 0.269 e. The van der Waals surface area contributed by atoms with Crippen LogP contribution in [-0.2, 0) is 14.8 Å². The molecular weight excluding hydrogens is 610 g/mol. The van der Waals surface area contributed by atoms with Gasteiger partial charge in [0, 0.05) is 34.9 Å². The number of anilines is 1. The Morgan fingerprint density at radius 3 is 2.12 bits per heavy atom. The number of amides is 2. The molecular formula is C30H26BrN3O6S. The van der Waals surface area contributed by atoms with Crippen LogP contribution in [0.3, 0.4) is 0 Å². The Kier molecular flexibility index (Phi) is 8.99. The number of sulfonamides is 1. The molecule has 1 atom stereocenters. The average Bonchev–Trinajstić information content (AvgIpc) is 2.97. The summed E-state index contributed by atoms with van der Waals surface area (Å²) in [6, 6.07) is 26.0. The largest absolute Gasteiger partial charge is 0.300 e. The van der Waals surface area contributed by atoms with Crippen LogP contribution in [0.4, 0.5) is 11.4 Å². The third-order valence-corrected chi connectivity index (χ3v) is 8.81. The Balaban J connectivity index is 1.82. The van der Waals surface area contributed by atoms with Gasteiger partial charge >= 0.3 is 0 Å². The van der Waals surface area contributed by atoms with Crippen LogP contribution in [0.5, 0.6) is 0 Å². The van der Waals surface area contributed by atoms with Gasteiger partial charge in [0.25, 0.3) is 21.6 Å². The van der Waals surface area contributed by atoms with Crippen molar-refractivity contribution in [2.45, 2.75) is 24.3 Å². The Hall–Kier alpha value is -4.35. The predicted molar refractivity (Wildman–Crippen MR) is 159 cm³/mol. The van der Waals surface area contributed by atoms with Crippen LogP contribution in [0.25, 0.3) is 0 Å². The van der Waals surface area contributed by atoms with E-state index in [1.807, 2.05) is 6.92 Å². The van der Waals surface area contributed by atoms with Gasteiger partial charge in [-0.3, -0.25) is 19.7 Å². The van der Waals surface area contributed by atoms with Crippen LogP contribution < -0.4 is 4.90 Å². The van der Waals surface area contributed by atoms with E-state index < -0.39 is 39.2 Å². The first-order valence-corrected chi connectivity index (χ1v) is 14.7. The van der Waals surface area contributed by atoms with E-state index in [4.69, 9.17) is 0 Å². The number of benzene rings is 4. The van der Waals surface area contributed by atoms with Gasteiger partial charge in [0.15, 0.2) is 0 Å². The number of rotatable bonds is 9. The van der Waals surface area contributed by atoms with Gasteiger partial charge in [-0.2, -0.15) is 0 Å². The minimum atomic E-state index is -4.19. The lowest BCUT2D eigenvalue weighted by Gasteiger charge is -2.33. The molecule has 0 aromatic heterocycles. The third-order valence-electron chi connectivity index (χ3n) is 6.52. The lowest BCUT2D eigenvalue weighted by molar-refractivity contribution is -0.384. The van der Waals surface area contributed by atoms with Crippen LogP contribution in [0.1, 0.15) is 33.9 Å². The zero-order valence-corrected chi connectivity index (χ0v) is 24.6. The van der Waals surface area contributed by atoms with E-state index in [2.05, 4.69) is 15.9 Å². The van der Waals surface area contributed by atoms with Crippen molar-refractivity contribution in [1.29, 1.82) is 0 Å². The van der Waals surface area contributed by atoms with Crippen molar-refractivity contribution in [3.8, 4) is 0 Å². The number of nitro groups is 1. The fraction of sp³-hybridized carbons (Fsp3) is 0.133. The summed E-state index contributed by atoms with van der Waals surface area (Å²) in [7, 11) is -3.01. The number of hydrogen-bond acceptors (Lipinski definition) is 6. The Morgan fingerprint density at radius 2 is 1.54 bits per heavy atom. The predicted octanol–water partition coefficient (Wildman–Crippen LogP) is 6.29. The van der Waals surface area contributed by atoms with Gasteiger partial charge in [0.05, 0.1) is 22.3 Å². The second-order valence-corrected chi connectivity index (χ2v) is 12.2. The molecule has 41 heavy (non-hydrogen) atoms. The maximum atomic E-state index is 14.0. The van der Waals surface area contributed by atoms with Crippen molar-refractivity contribution in [2.24, 2.45) is 0 Å². The van der Waals surface area contributed by atoms with Crippen molar-refractivity contribution in [3.05, 3.63) is 134 Å². The molecule has 0 spiro atoms. The number of hydrogen-bond donors (Lipinski definition) is 0. The highest BCUT2D eigenvalue weighted by atomic mass is 79.9. The van der Waals surface area contributed by atoms with Crippen molar-refractivity contribution in [2.75, 3.05) is 11.9 Å². The monoisotopic (exact) mass is 635 g/mol. The SMILES string of the molecule is Cc1ccc(S(=O)(=O)N(C)C(=O)C[C@H](c2ccc([N+](=O)[O-])cc2)N(C(=O)c2ccccc2)c2cccc(Br)c2)cc1. The van der Waals surface area contributed by atoms with Gasteiger partial charge in [0.2, 0.25) is 5.91 Å². The van der Waals surface area contributed by atoms with Gasteiger partial charge < -0.3 is 4.90 Å². The molecule has 0 fully saturated rings. The molecule has 0 aliphatic heterocycles. The number of carbonyl (C=O) groups excluding carboxylic acids is 2.